The molecule has 2 amide bonds. The van der Waals surface area contributed by atoms with E-state index >= 15 is 0 Å². The minimum Gasteiger partial charge on any atom is -0.497 e. The van der Waals surface area contributed by atoms with Crippen LogP contribution in [-0.2, 0) is 17.8 Å². The molecule has 2 aromatic carbocycles. The molecule has 8 nitrogen and oxygen atoms in total. The van der Waals surface area contributed by atoms with Crippen LogP contribution < -0.4 is 9.47 Å². The van der Waals surface area contributed by atoms with Gasteiger partial charge in [0.2, 0.25) is 5.91 Å². The van der Waals surface area contributed by atoms with Crippen molar-refractivity contribution < 1.29 is 19.1 Å². The lowest BCUT2D eigenvalue weighted by Gasteiger charge is -2.35. The molecule has 0 unspecified atom stereocenters. The highest BCUT2D eigenvalue weighted by atomic mass is 16.5. The molecule has 0 bridgehead atoms. The van der Waals surface area contributed by atoms with E-state index in [-0.39, 0.29) is 11.8 Å². The number of nitrogens with zero attached hydrogens (tertiary/aromatic N) is 4. The summed E-state index contributed by atoms with van der Waals surface area (Å²) in [6.07, 6.45) is 4.31. The van der Waals surface area contributed by atoms with Crippen molar-refractivity contribution >= 4 is 17.5 Å². The number of aromatic nitrogens is 2. The summed E-state index contributed by atoms with van der Waals surface area (Å²) in [5, 5.41) is 0. The molecule has 3 heterocycles. The Kier molecular flexibility index (Phi) is 7.07. The molecule has 0 saturated carbocycles. The van der Waals surface area contributed by atoms with Gasteiger partial charge in [-0.25, -0.2) is 4.98 Å². The number of ether oxygens (including phenoxy) is 2. The van der Waals surface area contributed by atoms with Crippen molar-refractivity contribution in [2.24, 2.45) is 0 Å². The van der Waals surface area contributed by atoms with Crippen LogP contribution in [-0.4, -0.2) is 64.3 Å². The second-order valence-corrected chi connectivity index (χ2v) is 9.22. The molecule has 0 N–H and O–H groups in total. The zero-order valence-corrected chi connectivity index (χ0v) is 21.1. The van der Waals surface area contributed by atoms with Crippen LogP contribution in [0.4, 0.5) is 0 Å². The summed E-state index contributed by atoms with van der Waals surface area (Å²) in [7, 11) is 1.61. The zero-order chi connectivity index (χ0) is 25.8. The number of amides is 2. The number of hydrogen-bond donors (Lipinski definition) is 0. The van der Waals surface area contributed by atoms with Crippen LogP contribution in [0.3, 0.4) is 0 Å². The Morgan fingerprint density at radius 3 is 2.41 bits per heavy atom. The Bertz CT molecular complexity index is 1410. The molecule has 37 heavy (non-hydrogen) atoms. The lowest BCUT2D eigenvalue weighted by atomic mass is 10.1. The molecule has 4 aromatic rings. The van der Waals surface area contributed by atoms with Crippen molar-refractivity contribution in [1.29, 1.82) is 0 Å². The minimum absolute atomic E-state index is 0.0397. The maximum Gasteiger partial charge on any atom is 0.253 e. The monoisotopic (exact) mass is 498 g/mol. The number of fused-ring (bicyclic) bond motifs is 1. The number of methoxy groups -OCH3 is 1. The standard InChI is InChI=1S/C29H30N4O4/c1-21-6-11-27-30-24(19-33(27)18-21)20-37-25-9-7-23(8-10-25)29(35)32-14-12-31(13-15-32)28(34)17-22-4-3-5-26(16-22)36-2/h3-11,16,18-19H,12-15,17,20H2,1-2H3. The van der Waals surface area contributed by atoms with Crippen molar-refractivity contribution in [1.82, 2.24) is 19.2 Å². The van der Waals surface area contributed by atoms with Crippen LogP contribution >= 0.6 is 0 Å². The summed E-state index contributed by atoms with van der Waals surface area (Å²) in [4.78, 5) is 33.9. The number of aryl methyl sites for hydroxylation is 1. The zero-order valence-electron chi connectivity index (χ0n) is 21.1. The average Bonchev–Trinajstić information content (AvgIpc) is 3.34. The molecule has 190 valence electrons. The summed E-state index contributed by atoms with van der Waals surface area (Å²) in [6.45, 7) is 4.45. The van der Waals surface area contributed by atoms with E-state index in [4.69, 9.17) is 9.47 Å². The third kappa shape index (κ3) is 5.74. The number of carbonyl (C=O) groups is 2. The number of rotatable bonds is 7. The number of imidazole rings is 1. The van der Waals surface area contributed by atoms with Gasteiger partial charge >= 0.3 is 0 Å². The summed E-state index contributed by atoms with van der Waals surface area (Å²) in [5.41, 5.74) is 4.41. The third-order valence-electron chi connectivity index (χ3n) is 6.55. The number of pyridine rings is 1. The molecule has 1 aliphatic rings. The molecule has 5 rings (SSSR count). The lowest BCUT2D eigenvalue weighted by molar-refractivity contribution is -0.131. The molecule has 1 aliphatic heterocycles. The normalized spacial score (nSPS) is 13.6. The molecule has 8 heteroatoms. The first-order valence-corrected chi connectivity index (χ1v) is 12.4. The van der Waals surface area contributed by atoms with E-state index in [2.05, 4.69) is 4.98 Å². The summed E-state index contributed by atoms with van der Waals surface area (Å²) < 4.78 is 13.1. The van der Waals surface area contributed by atoms with E-state index in [0.717, 1.165) is 22.7 Å². The molecule has 1 saturated heterocycles. The first-order chi connectivity index (χ1) is 18.0. The fourth-order valence-electron chi connectivity index (χ4n) is 4.49. The van der Waals surface area contributed by atoms with Crippen LogP contribution in [0.5, 0.6) is 11.5 Å². The first kappa shape index (κ1) is 24.4. The lowest BCUT2D eigenvalue weighted by Crippen LogP contribution is -2.51. The fourth-order valence-corrected chi connectivity index (χ4v) is 4.49. The quantitative estimate of drug-likeness (QED) is 0.388. The first-order valence-electron chi connectivity index (χ1n) is 12.4. The van der Waals surface area contributed by atoms with Crippen molar-refractivity contribution in [3.63, 3.8) is 0 Å². The summed E-state index contributed by atoms with van der Waals surface area (Å²) >= 11 is 0. The minimum atomic E-state index is -0.0397. The van der Waals surface area contributed by atoms with Gasteiger partial charge in [-0.1, -0.05) is 18.2 Å². The number of benzene rings is 2. The molecule has 2 aromatic heterocycles. The Balaban J connectivity index is 1.11. The van der Waals surface area contributed by atoms with E-state index in [9.17, 15) is 9.59 Å². The number of piperazine rings is 1. The van der Waals surface area contributed by atoms with Crippen molar-refractivity contribution in [2.75, 3.05) is 33.3 Å². The van der Waals surface area contributed by atoms with Gasteiger partial charge in [0.25, 0.3) is 5.91 Å². The van der Waals surface area contributed by atoms with Gasteiger partial charge in [0.15, 0.2) is 0 Å². The molecular formula is C29H30N4O4. The fraction of sp³-hybridized carbons (Fsp3) is 0.276. The highest BCUT2D eigenvalue weighted by Crippen LogP contribution is 2.18. The van der Waals surface area contributed by atoms with Gasteiger partial charge in [-0.15, -0.1) is 0 Å². The topological polar surface area (TPSA) is 76.4 Å². The van der Waals surface area contributed by atoms with Crippen LogP contribution in [0, 0.1) is 6.92 Å². The maximum absolute atomic E-state index is 13.0. The second-order valence-electron chi connectivity index (χ2n) is 9.22. The van der Waals surface area contributed by atoms with Gasteiger partial charge in [-0.2, -0.15) is 0 Å². The van der Waals surface area contributed by atoms with E-state index in [1.807, 2.05) is 65.0 Å². The Morgan fingerprint density at radius 1 is 0.892 bits per heavy atom. The highest BCUT2D eigenvalue weighted by Gasteiger charge is 2.25. The van der Waals surface area contributed by atoms with E-state index in [1.54, 1.807) is 36.3 Å². The van der Waals surface area contributed by atoms with Gasteiger partial charge in [-0.05, 0) is 60.5 Å². The van der Waals surface area contributed by atoms with E-state index < -0.39 is 0 Å². The van der Waals surface area contributed by atoms with Crippen LogP contribution in [0.2, 0.25) is 0 Å². The molecular weight excluding hydrogens is 468 g/mol. The van der Waals surface area contributed by atoms with Crippen molar-refractivity contribution in [2.45, 2.75) is 20.0 Å². The van der Waals surface area contributed by atoms with Crippen LogP contribution in [0.25, 0.3) is 5.65 Å². The smallest absolute Gasteiger partial charge is 0.253 e. The van der Waals surface area contributed by atoms with Gasteiger partial charge < -0.3 is 23.7 Å². The summed E-state index contributed by atoms with van der Waals surface area (Å²) in [5.74, 6) is 1.44. The molecule has 0 atom stereocenters. The van der Waals surface area contributed by atoms with Crippen molar-refractivity contribution in [3.05, 3.63) is 95.4 Å². The Morgan fingerprint density at radius 2 is 1.65 bits per heavy atom. The highest BCUT2D eigenvalue weighted by molar-refractivity contribution is 5.94. The van der Waals surface area contributed by atoms with Gasteiger partial charge in [0.05, 0.1) is 19.2 Å². The predicted octanol–water partition coefficient (Wildman–Crippen LogP) is 3.76. The average molecular weight is 499 g/mol. The van der Waals surface area contributed by atoms with Gasteiger partial charge in [0.1, 0.15) is 23.8 Å². The molecule has 0 radical (unpaired) electrons. The molecule has 1 fully saturated rings. The molecule has 0 spiro atoms. The van der Waals surface area contributed by atoms with Crippen molar-refractivity contribution in [3.8, 4) is 11.5 Å². The van der Waals surface area contributed by atoms with E-state index in [1.165, 1.54) is 5.56 Å². The van der Waals surface area contributed by atoms with Gasteiger partial charge in [0, 0.05) is 44.1 Å². The van der Waals surface area contributed by atoms with Crippen LogP contribution in [0.15, 0.2) is 73.1 Å². The van der Waals surface area contributed by atoms with Gasteiger partial charge in [-0.3, -0.25) is 9.59 Å². The Hall–Kier alpha value is -4.33. The molecule has 0 aliphatic carbocycles. The number of hydrogen-bond acceptors (Lipinski definition) is 5. The predicted molar refractivity (Wildman–Crippen MR) is 140 cm³/mol. The summed E-state index contributed by atoms with van der Waals surface area (Å²) in [6, 6.07) is 18.7. The number of carbonyl (C=O) groups excluding carboxylic acids is 2. The second kappa shape index (κ2) is 10.7. The van der Waals surface area contributed by atoms with E-state index in [0.29, 0.717) is 50.5 Å². The van der Waals surface area contributed by atoms with Crippen LogP contribution in [0.1, 0.15) is 27.2 Å². The Labute approximate surface area is 216 Å². The third-order valence-corrected chi connectivity index (χ3v) is 6.55. The maximum atomic E-state index is 13.0. The largest absolute Gasteiger partial charge is 0.497 e. The SMILES string of the molecule is COc1cccc(CC(=O)N2CCN(C(=O)c3ccc(OCc4cn5cc(C)ccc5n4)cc3)CC2)c1.